The Labute approximate surface area is 98.9 Å². The van der Waals surface area contributed by atoms with E-state index in [4.69, 9.17) is 4.74 Å². The molecule has 0 aliphatic heterocycles. The van der Waals surface area contributed by atoms with Crippen LogP contribution >= 0.6 is 11.3 Å². The lowest BCUT2D eigenvalue weighted by atomic mass is 10.4. The summed E-state index contributed by atoms with van der Waals surface area (Å²) in [6.45, 7) is 2.64. The lowest BCUT2D eigenvalue weighted by molar-refractivity contribution is 0.410. The largest absolute Gasteiger partial charge is 0.496 e. The molecule has 2 aromatic rings. The van der Waals surface area contributed by atoms with Gasteiger partial charge in [-0.3, -0.25) is 4.68 Å². The van der Waals surface area contributed by atoms with Crippen molar-refractivity contribution < 1.29 is 4.74 Å². The average Bonchev–Trinajstić information content (AvgIpc) is 2.95. The number of nitrogens with one attached hydrogen (secondary N) is 1. The molecule has 0 aliphatic carbocycles. The molecule has 0 aromatic carbocycles. The van der Waals surface area contributed by atoms with E-state index in [-0.39, 0.29) is 0 Å². The molecule has 0 spiro atoms. The summed E-state index contributed by atoms with van der Waals surface area (Å²) in [5, 5.41) is 9.55. The topological polar surface area (TPSA) is 39.1 Å². The number of aromatic nitrogens is 2. The van der Waals surface area contributed by atoms with Crippen LogP contribution in [0, 0.1) is 0 Å². The first-order valence-electron chi connectivity index (χ1n) is 5.18. The molecule has 4 nitrogen and oxygen atoms in total. The fraction of sp³-hybridized carbons (Fsp3) is 0.364. The van der Waals surface area contributed by atoms with E-state index in [1.54, 1.807) is 24.6 Å². The predicted octanol–water partition coefficient (Wildman–Crippen LogP) is 1.74. The molecule has 2 rings (SSSR count). The van der Waals surface area contributed by atoms with E-state index in [9.17, 15) is 0 Å². The standard InChI is InChI=1S/C11H15N3OS/c1-15-10-3-8-16-11(10)9-12-5-7-14-6-2-4-13-14/h2-4,6,8,12H,5,7,9H2,1H3. The van der Waals surface area contributed by atoms with Crippen molar-refractivity contribution >= 4 is 11.3 Å². The SMILES string of the molecule is COc1ccsc1CNCCn1cccn1. The van der Waals surface area contributed by atoms with Crippen LogP contribution in [0.2, 0.25) is 0 Å². The number of thiophene rings is 1. The summed E-state index contributed by atoms with van der Waals surface area (Å²) in [7, 11) is 1.70. The molecule has 0 saturated carbocycles. The van der Waals surface area contributed by atoms with Gasteiger partial charge in [0.2, 0.25) is 0 Å². The van der Waals surface area contributed by atoms with E-state index in [1.807, 2.05) is 28.4 Å². The van der Waals surface area contributed by atoms with Crippen LogP contribution in [0.3, 0.4) is 0 Å². The summed E-state index contributed by atoms with van der Waals surface area (Å²) in [4.78, 5) is 1.24. The quantitative estimate of drug-likeness (QED) is 0.778. The number of ether oxygens (including phenoxy) is 1. The van der Waals surface area contributed by atoms with Crippen LogP contribution < -0.4 is 10.1 Å². The molecule has 0 atom stereocenters. The van der Waals surface area contributed by atoms with Crippen molar-refractivity contribution in [3.8, 4) is 5.75 Å². The summed E-state index contributed by atoms with van der Waals surface area (Å²) >= 11 is 1.71. The van der Waals surface area contributed by atoms with E-state index < -0.39 is 0 Å². The van der Waals surface area contributed by atoms with Crippen molar-refractivity contribution in [3.63, 3.8) is 0 Å². The molecule has 0 radical (unpaired) electrons. The van der Waals surface area contributed by atoms with Gasteiger partial charge in [0, 0.05) is 25.5 Å². The second kappa shape index (κ2) is 5.67. The van der Waals surface area contributed by atoms with Gasteiger partial charge in [-0.25, -0.2) is 0 Å². The Bertz CT molecular complexity index is 411. The zero-order chi connectivity index (χ0) is 11.2. The number of hydrogen-bond donors (Lipinski definition) is 1. The van der Waals surface area contributed by atoms with Crippen molar-refractivity contribution in [2.75, 3.05) is 13.7 Å². The Hall–Kier alpha value is -1.33. The maximum absolute atomic E-state index is 5.24. The molecule has 0 amide bonds. The third kappa shape index (κ3) is 2.84. The maximum atomic E-state index is 5.24. The smallest absolute Gasteiger partial charge is 0.134 e. The molecule has 0 bridgehead atoms. The first-order chi connectivity index (χ1) is 7.90. The van der Waals surface area contributed by atoms with Crippen molar-refractivity contribution in [2.24, 2.45) is 0 Å². The Morgan fingerprint density at radius 3 is 3.25 bits per heavy atom. The first kappa shape index (κ1) is 11.2. The number of hydrogen-bond acceptors (Lipinski definition) is 4. The molecular weight excluding hydrogens is 222 g/mol. The molecular formula is C11H15N3OS. The number of nitrogens with zero attached hydrogens (tertiary/aromatic N) is 2. The van der Waals surface area contributed by atoms with Gasteiger partial charge in [-0.15, -0.1) is 11.3 Å². The average molecular weight is 237 g/mol. The molecule has 16 heavy (non-hydrogen) atoms. The highest BCUT2D eigenvalue weighted by molar-refractivity contribution is 7.10. The van der Waals surface area contributed by atoms with Crippen LogP contribution in [0.5, 0.6) is 5.75 Å². The molecule has 5 heteroatoms. The van der Waals surface area contributed by atoms with E-state index in [0.717, 1.165) is 25.4 Å². The van der Waals surface area contributed by atoms with Gasteiger partial charge in [-0.05, 0) is 17.5 Å². The molecule has 2 aromatic heterocycles. The zero-order valence-corrected chi connectivity index (χ0v) is 10.0. The van der Waals surface area contributed by atoms with Crippen LogP contribution in [0.1, 0.15) is 4.88 Å². The zero-order valence-electron chi connectivity index (χ0n) is 9.22. The summed E-state index contributed by atoms with van der Waals surface area (Å²) in [6, 6.07) is 3.93. The van der Waals surface area contributed by atoms with Gasteiger partial charge in [0.15, 0.2) is 0 Å². The van der Waals surface area contributed by atoms with Crippen molar-refractivity contribution in [1.29, 1.82) is 0 Å². The van der Waals surface area contributed by atoms with Gasteiger partial charge in [-0.1, -0.05) is 0 Å². The third-order valence-electron chi connectivity index (χ3n) is 2.29. The highest BCUT2D eigenvalue weighted by Crippen LogP contribution is 2.23. The van der Waals surface area contributed by atoms with Crippen molar-refractivity contribution in [3.05, 3.63) is 34.8 Å². The van der Waals surface area contributed by atoms with Crippen LogP contribution in [0.4, 0.5) is 0 Å². The second-order valence-electron chi connectivity index (χ2n) is 3.36. The monoisotopic (exact) mass is 237 g/mol. The minimum absolute atomic E-state index is 0.849. The fourth-order valence-electron chi connectivity index (χ4n) is 1.47. The van der Waals surface area contributed by atoms with E-state index in [2.05, 4.69) is 10.4 Å². The Kier molecular flexibility index (Phi) is 3.96. The number of methoxy groups -OCH3 is 1. The van der Waals surface area contributed by atoms with Crippen LogP contribution in [-0.2, 0) is 13.1 Å². The molecule has 0 saturated heterocycles. The third-order valence-corrected chi connectivity index (χ3v) is 3.19. The minimum atomic E-state index is 0.849. The summed E-state index contributed by atoms with van der Waals surface area (Å²) < 4.78 is 7.16. The van der Waals surface area contributed by atoms with Gasteiger partial charge in [0.05, 0.1) is 18.5 Å². The van der Waals surface area contributed by atoms with Gasteiger partial charge in [-0.2, -0.15) is 5.10 Å². The molecule has 86 valence electrons. The van der Waals surface area contributed by atoms with Gasteiger partial charge in [0.25, 0.3) is 0 Å². The Morgan fingerprint density at radius 1 is 1.56 bits per heavy atom. The van der Waals surface area contributed by atoms with Crippen molar-refractivity contribution in [1.82, 2.24) is 15.1 Å². The van der Waals surface area contributed by atoms with Crippen molar-refractivity contribution in [2.45, 2.75) is 13.1 Å². The predicted molar refractivity (Wildman–Crippen MR) is 64.8 cm³/mol. The normalized spacial score (nSPS) is 10.6. The molecule has 0 aliphatic rings. The fourth-order valence-corrected chi connectivity index (χ4v) is 2.28. The molecule has 2 heterocycles. The summed E-state index contributed by atoms with van der Waals surface area (Å²) in [5.41, 5.74) is 0. The van der Waals surface area contributed by atoms with Gasteiger partial charge >= 0.3 is 0 Å². The Balaban J connectivity index is 1.72. The Morgan fingerprint density at radius 2 is 2.50 bits per heavy atom. The lowest BCUT2D eigenvalue weighted by Crippen LogP contribution is -2.19. The van der Waals surface area contributed by atoms with E-state index in [0.29, 0.717) is 0 Å². The molecule has 0 unspecified atom stereocenters. The molecule has 1 N–H and O–H groups in total. The lowest BCUT2D eigenvalue weighted by Gasteiger charge is -2.05. The van der Waals surface area contributed by atoms with E-state index in [1.165, 1.54) is 4.88 Å². The van der Waals surface area contributed by atoms with Crippen LogP contribution in [0.25, 0.3) is 0 Å². The van der Waals surface area contributed by atoms with Gasteiger partial charge in [0.1, 0.15) is 5.75 Å². The number of rotatable bonds is 6. The van der Waals surface area contributed by atoms with E-state index >= 15 is 0 Å². The first-order valence-corrected chi connectivity index (χ1v) is 6.06. The van der Waals surface area contributed by atoms with Crippen LogP contribution in [0.15, 0.2) is 29.9 Å². The highest BCUT2D eigenvalue weighted by Gasteiger charge is 2.02. The summed E-state index contributed by atoms with van der Waals surface area (Å²) in [5.74, 6) is 0.969. The maximum Gasteiger partial charge on any atom is 0.134 e. The van der Waals surface area contributed by atoms with Crippen LogP contribution in [-0.4, -0.2) is 23.4 Å². The highest BCUT2D eigenvalue weighted by atomic mass is 32.1. The summed E-state index contributed by atoms with van der Waals surface area (Å²) in [6.07, 6.45) is 3.76. The second-order valence-corrected chi connectivity index (χ2v) is 4.36. The molecule has 0 fully saturated rings. The van der Waals surface area contributed by atoms with Gasteiger partial charge < -0.3 is 10.1 Å². The minimum Gasteiger partial charge on any atom is -0.496 e.